The molecule has 2 rings (SSSR count). The fourth-order valence-electron chi connectivity index (χ4n) is 2.59. The van der Waals surface area contributed by atoms with Crippen molar-refractivity contribution in [2.75, 3.05) is 6.54 Å². The molecule has 0 saturated heterocycles. The maximum atomic E-state index is 12.3. The Labute approximate surface area is 129 Å². The first-order valence-corrected chi connectivity index (χ1v) is 7.39. The second-order valence-corrected chi connectivity index (χ2v) is 5.79. The summed E-state index contributed by atoms with van der Waals surface area (Å²) in [6.45, 7) is 5.78. The molecule has 2 atom stereocenters. The van der Waals surface area contributed by atoms with Gasteiger partial charge in [-0.15, -0.1) is 0 Å². The van der Waals surface area contributed by atoms with Crippen LogP contribution in [0.4, 0.5) is 0 Å². The number of amides is 1. The molecule has 0 aliphatic rings. The van der Waals surface area contributed by atoms with E-state index in [1.54, 1.807) is 26.0 Å². The summed E-state index contributed by atoms with van der Waals surface area (Å²) in [6, 6.07) is 7.14. The van der Waals surface area contributed by atoms with Gasteiger partial charge in [0.25, 0.3) is 5.91 Å². The van der Waals surface area contributed by atoms with E-state index in [9.17, 15) is 14.7 Å². The summed E-state index contributed by atoms with van der Waals surface area (Å²) in [4.78, 5) is 24.3. The summed E-state index contributed by atoms with van der Waals surface area (Å²) < 4.78 is 5.21. The number of aliphatic hydroxyl groups is 1. The molecule has 1 aromatic heterocycles. The van der Waals surface area contributed by atoms with Crippen LogP contribution in [-0.4, -0.2) is 23.7 Å². The van der Waals surface area contributed by atoms with Gasteiger partial charge in [0.15, 0.2) is 0 Å². The number of benzene rings is 1. The number of aliphatic hydroxyl groups excluding tert-OH is 1. The van der Waals surface area contributed by atoms with Gasteiger partial charge in [-0.25, -0.2) is 4.79 Å². The van der Waals surface area contributed by atoms with Crippen LogP contribution in [0.3, 0.4) is 0 Å². The quantitative estimate of drug-likeness (QED) is 0.830. The Kier molecular flexibility index (Phi) is 4.98. The Balaban J connectivity index is 2.23. The summed E-state index contributed by atoms with van der Waals surface area (Å²) in [5.41, 5.74) is 0.511. The highest BCUT2D eigenvalue weighted by molar-refractivity contribution is 5.99. The van der Waals surface area contributed by atoms with Gasteiger partial charge in [-0.2, -0.15) is 0 Å². The van der Waals surface area contributed by atoms with E-state index in [1.807, 2.05) is 19.1 Å². The van der Waals surface area contributed by atoms with Crippen molar-refractivity contribution in [1.82, 2.24) is 5.32 Å². The van der Waals surface area contributed by atoms with Crippen molar-refractivity contribution >= 4 is 16.9 Å². The normalized spacial score (nSPS) is 13.8. The molecule has 2 aromatic rings. The number of hydrogen-bond donors (Lipinski definition) is 2. The van der Waals surface area contributed by atoms with Crippen LogP contribution in [0, 0.1) is 12.8 Å². The fourth-order valence-corrected chi connectivity index (χ4v) is 2.59. The smallest absolute Gasteiger partial charge is 0.349 e. The average molecular weight is 303 g/mol. The van der Waals surface area contributed by atoms with E-state index in [4.69, 9.17) is 4.42 Å². The lowest BCUT2D eigenvalue weighted by atomic mass is 10.0. The number of aryl methyl sites for hydroxylation is 1. The zero-order valence-electron chi connectivity index (χ0n) is 13.1. The van der Waals surface area contributed by atoms with Crippen LogP contribution >= 0.6 is 0 Å². The molecule has 0 spiro atoms. The second-order valence-electron chi connectivity index (χ2n) is 5.79. The van der Waals surface area contributed by atoms with Gasteiger partial charge in [-0.05, 0) is 37.8 Å². The Morgan fingerprint density at radius 3 is 2.68 bits per heavy atom. The van der Waals surface area contributed by atoms with E-state index in [-0.39, 0.29) is 11.5 Å². The van der Waals surface area contributed by atoms with Crippen LogP contribution in [0.5, 0.6) is 0 Å². The molecule has 0 saturated carbocycles. The molecule has 1 heterocycles. The number of hydrogen-bond acceptors (Lipinski definition) is 4. The topological polar surface area (TPSA) is 79.5 Å². The Morgan fingerprint density at radius 2 is 2.00 bits per heavy atom. The van der Waals surface area contributed by atoms with E-state index in [1.165, 1.54) is 0 Å². The molecule has 5 heteroatoms. The van der Waals surface area contributed by atoms with Crippen molar-refractivity contribution in [3.05, 3.63) is 45.8 Å². The third-order valence-electron chi connectivity index (χ3n) is 3.65. The Bertz CT molecular complexity index is 733. The lowest BCUT2D eigenvalue weighted by Crippen LogP contribution is -2.33. The van der Waals surface area contributed by atoms with E-state index in [2.05, 4.69) is 5.32 Å². The molecule has 0 radical (unpaired) electrons. The van der Waals surface area contributed by atoms with Crippen molar-refractivity contribution in [3.8, 4) is 0 Å². The van der Waals surface area contributed by atoms with E-state index in [0.29, 0.717) is 24.1 Å². The summed E-state index contributed by atoms with van der Waals surface area (Å²) in [7, 11) is 0. The number of fused-ring (bicyclic) bond motifs is 1. The summed E-state index contributed by atoms with van der Waals surface area (Å²) >= 11 is 0. The third-order valence-corrected chi connectivity index (χ3v) is 3.65. The molecule has 5 nitrogen and oxygen atoms in total. The van der Waals surface area contributed by atoms with Crippen LogP contribution in [0.15, 0.2) is 33.5 Å². The number of carbonyl (C=O) groups is 1. The first-order valence-electron chi connectivity index (χ1n) is 7.39. The van der Waals surface area contributed by atoms with E-state index < -0.39 is 17.6 Å². The number of rotatable bonds is 5. The zero-order valence-corrected chi connectivity index (χ0v) is 13.1. The minimum absolute atomic E-state index is 0.0444. The molecule has 0 bridgehead atoms. The predicted molar refractivity (Wildman–Crippen MR) is 85.0 cm³/mol. The number of nitrogens with one attached hydrogen (secondary N) is 1. The van der Waals surface area contributed by atoms with Gasteiger partial charge >= 0.3 is 5.63 Å². The van der Waals surface area contributed by atoms with Crippen LogP contribution in [-0.2, 0) is 0 Å². The van der Waals surface area contributed by atoms with Crippen molar-refractivity contribution in [2.45, 2.75) is 33.3 Å². The van der Waals surface area contributed by atoms with Crippen molar-refractivity contribution in [3.63, 3.8) is 0 Å². The van der Waals surface area contributed by atoms with Gasteiger partial charge < -0.3 is 14.8 Å². The average Bonchev–Trinajstić information content (AvgIpc) is 2.44. The van der Waals surface area contributed by atoms with Crippen molar-refractivity contribution in [1.29, 1.82) is 0 Å². The van der Waals surface area contributed by atoms with Gasteiger partial charge in [-0.1, -0.05) is 25.1 Å². The molecule has 0 aliphatic heterocycles. The molecule has 2 N–H and O–H groups in total. The fraction of sp³-hybridized carbons (Fsp3) is 0.412. The third kappa shape index (κ3) is 3.54. The lowest BCUT2D eigenvalue weighted by Gasteiger charge is -2.14. The maximum absolute atomic E-state index is 12.3. The molecule has 22 heavy (non-hydrogen) atoms. The van der Waals surface area contributed by atoms with Gasteiger partial charge in [0, 0.05) is 11.9 Å². The largest absolute Gasteiger partial charge is 0.422 e. The van der Waals surface area contributed by atoms with Gasteiger partial charge in [0.1, 0.15) is 11.1 Å². The molecule has 0 aliphatic carbocycles. The number of carbonyl (C=O) groups excluding carboxylic acids is 1. The van der Waals surface area contributed by atoms with Gasteiger partial charge in [-0.3, -0.25) is 4.79 Å². The first kappa shape index (κ1) is 16.2. The van der Waals surface area contributed by atoms with Crippen molar-refractivity contribution < 1.29 is 14.3 Å². The van der Waals surface area contributed by atoms with Crippen LogP contribution in [0.25, 0.3) is 11.0 Å². The van der Waals surface area contributed by atoms with Crippen LogP contribution in [0.1, 0.15) is 36.2 Å². The second kappa shape index (κ2) is 6.75. The minimum Gasteiger partial charge on any atom is -0.422 e. The van der Waals surface area contributed by atoms with Crippen molar-refractivity contribution in [2.24, 2.45) is 5.92 Å². The maximum Gasteiger partial charge on any atom is 0.349 e. The summed E-state index contributed by atoms with van der Waals surface area (Å²) in [6.07, 6.45) is 0.172. The van der Waals surface area contributed by atoms with Crippen LogP contribution < -0.4 is 10.9 Å². The molecular formula is C17H21NO4. The monoisotopic (exact) mass is 303 g/mol. The van der Waals surface area contributed by atoms with Crippen LogP contribution in [0.2, 0.25) is 0 Å². The predicted octanol–water partition coefficient (Wildman–Crippen LogP) is 2.24. The van der Waals surface area contributed by atoms with E-state index >= 15 is 0 Å². The SMILES string of the molecule is Cc1c(C(=O)NCC(C)CC(C)O)c(=O)oc2ccccc12. The summed E-state index contributed by atoms with van der Waals surface area (Å²) in [5, 5.41) is 12.8. The highest BCUT2D eigenvalue weighted by Gasteiger charge is 2.18. The van der Waals surface area contributed by atoms with Gasteiger partial charge in [0.2, 0.25) is 0 Å². The highest BCUT2D eigenvalue weighted by Crippen LogP contribution is 2.18. The minimum atomic E-state index is -0.628. The molecule has 118 valence electrons. The standard InChI is InChI=1S/C17H21NO4/c1-10(8-11(2)19)9-18-16(20)15-12(3)13-6-4-5-7-14(13)22-17(15)21/h4-7,10-11,19H,8-9H2,1-3H3,(H,18,20). The Morgan fingerprint density at radius 1 is 1.32 bits per heavy atom. The Hall–Kier alpha value is -2.14. The zero-order chi connectivity index (χ0) is 16.3. The molecule has 1 amide bonds. The van der Waals surface area contributed by atoms with Gasteiger partial charge in [0.05, 0.1) is 6.10 Å². The number of para-hydroxylation sites is 1. The molecular weight excluding hydrogens is 282 g/mol. The lowest BCUT2D eigenvalue weighted by molar-refractivity contribution is 0.0935. The first-order chi connectivity index (χ1) is 10.4. The highest BCUT2D eigenvalue weighted by atomic mass is 16.4. The molecule has 1 aromatic carbocycles. The molecule has 0 fully saturated rings. The molecule has 2 unspecified atom stereocenters. The summed E-state index contributed by atoms with van der Waals surface area (Å²) in [5.74, 6) is -0.314. The van der Waals surface area contributed by atoms with E-state index in [0.717, 1.165) is 5.39 Å².